The second kappa shape index (κ2) is 5.94. The van der Waals surface area contributed by atoms with Gasteiger partial charge >= 0.3 is 0 Å². The maximum Gasteiger partial charge on any atom is 0.214 e. The third-order valence-corrected chi connectivity index (χ3v) is 5.02. The molecule has 0 bridgehead atoms. The number of aliphatic hydroxyl groups is 1. The van der Waals surface area contributed by atoms with Gasteiger partial charge in [0.2, 0.25) is 5.79 Å². The number of Topliss-reactive ketones (excluding diaryl/α,β-unsaturated/α-hetero) is 1. The molecule has 0 saturated carbocycles. The van der Waals surface area contributed by atoms with Crippen molar-refractivity contribution >= 4 is 11.6 Å². The molecule has 1 aliphatic heterocycles. The highest BCUT2D eigenvalue weighted by Gasteiger charge is 2.51. The number of hydrogen-bond acceptors (Lipinski definition) is 4. The first-order chi connectivity index (χ1) is 11.3. The summed E-state index contributed by atoms with van der Waals surface area (Å²) in [6.45, 7) is 6.03. The van der Waals surface area contributed by atoms with Gasteiger partial charge in [-0.25, -0.2) is 0 Å². The van der Waals surface area contributed by atoms with Crippen LogP contribution in [0.25, 0.3) is 0 Å². The van der Waals surface area contributed by atoms with E-state index >= 15 is 0 Å². The zero-order valence-electron chi connectivity index (χ0n) is 14.5. The lowest BCUT2D eigenvalue weighted by molar-refractivity contribution is -0.207. The molecule has 0 aromatic carbocycles. The number of carbonyl (C=O) groups excluding carboxylic acids is 2. The number of carbonyl (C=O) groups is 2. The minimum absolute atomic E-state index is 0.000708. The van der Waals surface area contributed by atoms with Gasteiger partial charge in [0.05, 0.1) is 5.60 Å². The molecule has 1 heterocycles. The Morgan fingerprint density at radius 2 is 2.08 bits per heavy atom. The zero-order valence-corrected chi connectivity index (χ0v) is 14.5. The van der Waals surface area contributed by atoms with Crippen molar-refractivity contribution in [2.24, 2.45) is 0 Å². The van der Waals surface area contributed by atoms with Gasteiger partial charge < -0.3 is 9.84 Å². The molecule has 0 fully saturated rings. The molecule has 2 atom stereocenters. The number of ketones is 2. The largest absolute Gasteiger partial charge is 0.359 e. The van der Waals surface area contributed by atoms with Gasteiger partial charge in [0.25, 0.3) is 0 Å². The van der Waals surface area contributed by atoms with Crippen LogP contribution in [-0.4, -0.2) is 28.1 Å². The molecular weight excluding hydrogens is 304 g/mol. The van der Waals surface area contributed by atoms with Gasteiger partial charge in [-0.1, -0.05) is 11.6 Å². The summed E-state index contributed by atoms with van der Waals surface area (Å²) >= 11 is 0. The minimum atomic E-state index is -1.69. The summed E-state index contributed by atoms with van der Waals surface area (Å²) < 4.78 is 6.12. The Morgan fingerprint density at radius 1 is 1.33 bits per heavy atom. The summed E-state index contributed by atoms with van der Waals surface area (Å²) in [5.74, 6) is -1.92. The van der Waals surface area contributed by atoms with Crippen molar-refractivity contribution in [3.63, 3.8) is 0 Å². The van der Waals surface area contributed by atoms with Crippen LogP contribution >= 0.6 is 0 Å². The molecule has 128 valence electrons. The van der Waals surface area contributed by atoms with Crippen molar-refractivity contribution in [2.45, 2.75) is 64.3 Å². The topological polar surface area (TPSA) is 63.6 Å². The monoisotopic (exact) mass is 328 g/mol. The molecule has 1 N–H and O–H groups in total. The summed E-state index contributed by atoms with van der Waals surface area (Å²) in [7, 11) is 0. The first-order valence-corrected chi connectivity index (χ1v) is 8.54. The Morgan fingerprint density at radius 3 is 2.79 bits per heavy atom. The van der Waals surface area contributed by atoms with Crippen molar-refractivity contribution in [2.75, 3.05) is 0 Å². The molecule has 4 heteroatoms. The lowest BCUT2D eigenvalue weighted by Crippen LogP contribution is -2.52. The SMILES string of the molecule is CC(C)=CCC[C@@]1(C)O[C@]2(O)C=CC(=O)C=C2C2=C1CCCC2=O. The maximum atomic E-state index is 12.6. The van der Waals surface area contributed by atoms with Crippen molar-refractivity contribution < 1.29 is 19.4 Å². The molecule has 0 amide bonds. The summed E-state index contributed by atoms with van der Waals surface area (Å²) in [6.07, 6.45) is 9.64. The third kappa shape index (κ3) is 2.85. The first kappa shape index (κ1) is 17.1. The highest BCUT2D eigenvalue weighted by atomic mass is 16.6. The Bertz CT molecular complexity index is 718. The Balaban J connectivity index is 2.10. The van der Waals surface area contributed by atoms with E-state index in [0.29, 0.717) is 24.0 Å². The fourth-order valence-electron chi connectivity index (χ4n) is 3.85. The van der Waals surface area contributed by atoms with E-state index in [-0.39, 0.29) is 11.6 Å². The minimum Gasteiger partial charge on any atom is -0.359 e. The van der Waals surface area contributed by atoms with Crippen LogP contribution in [0.1, 0.15) is 52.9 Å². The molecule has 4 nitrogen and oxygen atoms in total. The number of ether oxygens (including phenoxy) is 1. The fourth-order valence-corrected chi connectivity index (χ4v) is 3.85. The molecule has 2 aliphatic carbocycles. The zero-order chi connectivity index (χ0) is 17.5. The molecule has 24 heavy (non-hydrogen) atoms. The second-order valence-electron chi connectivity index (χ2n) is 7.27. The molecular formula is C20H24O4. The van der Waals surface area contributed by atoms with Crippen molar-refractivity contribution in [3.8, 4) is 0 Å². The quantitative estimate of drug-likeness (QED) is 0.807. The Labute approximate surface area is 142 Å². The molecule has 0 radical (unpaired) electrons. The van der Waals surface area contributed by atoms with E-state index in [1.807, 2.05) is 20.8 Å². The Kier molecular flexibility index (Phi) is 4.22. The lowest BCUT2D eigenvalue weighted by atomic mass is 9.71. The van der Waals surface area contributed by atoms with Gasteiger partial charge in [-0.05, 0) is 70.3 Å². The average molecular weight is 328 g/mol. The van der Waals surface area contributed by atoms with E-state index in [1.54, 1.807) is 0 Å². The second-order valence-corrected chi connectivity index (χ2v) is 7.27. The number of allylic oxidation sites excluding steroid dienone is 4. The summed E-state index contributed by atoms with van der Waals surface area (Å²) in [5.41, 5.74) is 2.28. The standard InChI is InChI=1S/C20H24O4/c1-13(2)6-5-10-19(3)15-7-4-8-17(22)18(15)16-12-14(21)9-11-20(16,23)24-19/h6,9,11-12,23H,4-5,7-8,10H2,1-3H3/t19-,20-/m1/s1. The van der Waals surface area contributed by atoms with Crippen molar-refractivity contribution in [1.29, 1.82) is 0 Å². The van der Waals surface area contributed by atoms with E-state index in [9.17, 15) is 14.7 Å². The lowest BCUT2D eigenvalue weighted by Gasteiger charge is -2.48. The molecule has 3 rings (SSSR count). The van der Waals surface area contributed by atoms with Crippen molar-refractivity contribution in [1.82, 2.24) is 0 Å². The van der Waals surface area contributed by atoms with Gasteiger partial charge in [-0.3, -0.25) is 9.59 Å². The molecule has 0 aromatic heterocycles. The summed E-state index contributed by atoms with van der Waals surface area (Å²) in [4.78, 5) is 24.4. The highest BCUT2D eigenvalue weighted by Crippen LogP contribution is 2.49. The maximum absolute atomic E-state index is 12.6. The summed E-state index contributed by atoms with van der Waals surface area (Å²) in [6, 6.07) is 0. The van der Waals surface area contributed by atoms with Gasteiger partial charge in [0.15, 0.2) is 11.6 Å². The van der Waals surface area contributed by atoms with E-state index in [1.165, 1.54) is 23.8 Å². The van der Waals surface area contributed by atoms with Gasteiger partial charge in [-0.15, -0.1) is 0 Å². The molecule has 0 saturated heterocycles. The first-order valence-electron chi connectivity index (χ1n) is 8.54. The number of hydrogen-bond donors (Lipinski definition) is 1. The van der Waals surface area contributed by atoms with Crippen LogP contribution < -0.4 is 0 Å². The smallest absolute Gasteiger partial charge is 0.214 e. The van der Waals surface area contributed by atoms with Gasteiger partial charge in [-0.2, -0.15) is 0 Å². The van der Waals surface area contributed by atoms with Crippen LogP contribution in [0.4, 0.5) is 0 Å². The normalized spacial score (nSPS) is 32.2. The fraction of sp³-hybridized carbons (Fsp3) is 0.500. The molecule has 3 aliphatic rings. The predicted octanol–water partition coefficient (Wildman–Crippen LogP) is 3.33. The summed E-state index contributed by atoms with van der Waals surface area (Å²) in [5, 5.41) is 11.0. The van der Waals surface area contributed by atoms with Crippen LogP contribution in [0.2, 0.25) is 0 Å². The average Bonchev–Trinajstić information content (AvgIpc) is 2.49. The highest BCUT2D eigenvalue weighted by molar-refractivity contribution is 6.08. The number of fused-ring (bicyclic) bond motifs is 2. The molecule has 0 spiro atoms. The Hall–Kier alpha value is -1.78. The van der Waals surface area contributed by atoms with Crippen LogP contribution in [0.3, 0.4) is 0 Å². The third-order valence-electron chi connectivity index (χ3n) is 5.02. The molecule has 0 aromatic rings. The van der Waals surface area contributed by atoms with E-state index in [4.69, 9.17) is 4.74 Å². The van der Waals surface area contributed by atoms with Gasteiger partial charge in [0.1, 0.15) is 0 Å². The molecule has 0 unspecified atom stereocenters. The van der Waals surface area contributed by atoms with E-state index < -0.39 is 11.4 Å². The number of rotatable bonds is 3. The van der Waals surface area contributed by atoms with Gasteiger partial charge in [0, 0.05) is 17.6 Å². The van der Waals surface area contributed by atoms with Crippen LogP contribution in [-0.2, 0) is 14.3 Å². The van der Waals surface area contributed by atoms with Crippen LogP contribution in [0, 0.1) is 0 Å². The van der Waals surface area contributed by atoms with E-state index in [0.717, 1.165) is 24.8 Å². The van der Waals surface area contributed by atoms with E-state index in [2.05, 4.69) is 6.08 Å². The van der Waals surface area contributed by atoms with Crippen molar-refractivity contribution in [3.05, 3.63) is 46.6 Å². The van der Waals surface area contributed by atoms with Crippen LogP contribution in [0.15, 0.2) is 46.6 Å². The predicted molar refractivity (Wildman–Crippen MR) is 91.2 cm³/mol. The van der Waals surface area contributed by atoms with Crippen LogP contribution in [0.5, 0.6) is 0 Å².